The van der Waals surface area contributed by atoms with Crippen molar-refractivity contribution >= 4 is 0 Å². The summed E-state index contributed by atoms with van der Waals surface area (Å²) in [5, 5.41) is 3.78. The topological polar surface area (TPSA) is 15.3 Å². The van der Waals surface area contributed by atoms with Crippen molar-refractivity contribution in [2.45, 2.75) is 71.4 Å². The minimum Gasteiger partial charge on any atom is -0.311 e. The van der Waals surface area contributed by atoms with E-state index in [4.69, 9.17) is 0 Å². The number of rotatable bonds is 6. The van der Waals surface area contributed by atoms with Gasteiger partial charge in [0.05, 0.1) is 0 Å². The Bertz CT molecular complexity index is 235. The van der Waals surface area contributed by atoms with Gasteiger partial charge < -0.3 is 5.32 Å². The van der Waals surface area contributed by atoms with Gasteiger partial charge in [-0.15, -0.1) is 0 Å². The van der Waals surface area contributed by atoms with Crippen LogP contribution in [0.1, 0.15) is 59.3 Å². The van der Waals surface area contributed by atoms with Gasteiger partial charge >= 0.3 is 0 Å². The predicted octanol–water partition coefficient (Wildman–Crippen LogP) is 3.28. The van der Waals surface area contributed by atoms with Crippen LogP contribution < -0.4 is 5.32 Å². The Balaban J connectivity index is 1.85. The van der Waals surface area contributed by atoms with Gasteiger partial charge in [0, 0.05) is 31.7 Å². The van der Waals surface area contributed by atoms with Crippen molar-refractivity contribution in [1.82, 2.24) is 10.2 Å². The van der Waals surface area contributed by atoms with Crippen molar-refractivity contribution < 1.29 is 0 Å². The molecule has 1 N–H and O–H groups in total. The standard InChI is InChI=1S/C16H32N2/c1-4-6-16-10-17-15(9-13(2)3)12-18(16)11-14-7-5-8-14/h13-17H,4-12H2,1-3H3. The van der Waals surface area contributed by atoms with Crippen molar-refractivity contribution in [3.63, 3.8) is 0 Å². The molecule has 0 radical (unpaired) electrons. The van der Waals surface area contributed by atoms with Crippen LogP contribution in [0.25, 0.3) is 0 Å². The maximum Gasteiger partial charge on any atom is 0.0221 e. The maximum atomic E-state index is 3.78. The number of hydrogen-bond acceptors (Lipinski definition) is 2. The Kier molecular flexibility index (Phi) is 5.50. The molecule has 2 rings (SSSR count). The molecule has 0 aromatic carbocycles. The van der Waals surface area contributed by atoms with E-state index in [2.05, 4.69) is 31.0 Å². The second-order valence-electron chi connectivity index (χ2n) is 6.93. The zero-order valence-corrected chi connectivity index (χ0v) is 12.6. The summed E-state index contributed by atoms with van der Waals surface area (Å²) in [6.45, 7) is 10.9. The van der Waals surface area contributed by atoms with Crippen LogP contribution in [-0.2, 0) is 0 Å². The Morgan fingerprint density at radius 2 is 2.06 bits per heavy atom. The maximum absolute atomic E-state index is 3.78. The molecule has 1 heterocycles. The summed E-state index contributed by atoms with van der Waals surface area (Å²) in [5.41, 5.74) is 0. The van der Waals surface area contributed by atoms with Crippen molar-refractivity contribution in [3.8, 4) is 0 Å². The summed E-state index contributed by atoms with van der Waals surface area (Å²) < 4.78 is 0. The van der Waals surface area contributed by atoms with Crippen LogP contribution in [0.5, 0.6) is 0 Å². The number of piperazine rings is 1. The van der Waals surface area contributed by atoms with E-state index >= 15 is 0 Å². The summed E-state index contributed by atoms with van der Waals surface area (Å²) in [6, 6.07) is 1.54. The normalized spacial score (nSPS) is 30.7. The van der Waals surface area contributed by atoms with Crippen molar-refractivity contribution in [3.05, 3.63) is 0 Å². The van der Waals surface area contributed by atoms with Crippen LogP contribution in [0.4, 0.5) is 0 Å². The summed E-state index contributed by atoms with van der Waals surface area (Å²) in [7, 11) is 0. The van der Waals surface area contributed by atoms with Crippen molar-refractivity contribution in [1.29, 1.82) is 0 Å². The first-order valence-electron chi connectivity index (χ1n) is 8.16. The molecule has 0 aromatic rings. The molecule has 2 nitrogen and oxygen atoms in total. The van der Waals surface area contributed by atoms with Crippen LogP contribution >= 0.6 is 0 Å². The summed E-state index contributed by atoms with van der Waals surface area (Å²) in [5.74, 6) is 1.83. The third-order valence-electron chi connectivity index (χ3n) is 4.71. The molecule has 1 aliphatic carbocycles. The highest BCUT2D eigenvalue weighted by molar-refractivity contribution is 4.88. The van der Waals surface area contributed by atoms with Crippen LogP contribution in [0, 0.1) is 11.8 Å². The van der Waals surface area contributed by atoms with E-state index in [0.29, 0.717) is 0 Å². The fourth-order valence-corrected chi connectivity index (χ4v) is 3.50. The highest BCUT2D eigenvalue weighted by atomic mass is 15.2. The number of nitrogens with zero attached hydrogens (tertiary/aromatic N) is 1. The van der Waals surface area contributed by atoms with Gasteiger partial charge in [0.1, 0.15) is 0 Å². The van der Waals surface area contributed by atoms with Crippen LogP contribution in [-0.4, -0.2) is 36.6 Å². The van der Waals surface area contributed by atoms with Gasteiger partial charge in [-0.2, -0.15) is 0 Å². The lowest BCUT2D eigenvalue weighted by molar-refractivity contribution is 0.0787. The molecule has 0 spiro atoms. The number of nitrogens with one attached hydrogen (secondary N) is 1. The van der Waals surface area contributed by atoms with Crippen LogP contribution in [0.15, 0.2) is 0 Å². The molecule has 2 unspecified atom stereocenters. The molecule has 18 heavy (non-hydrogen) atoms. The zero-order valence-electron chi connectivity index (χ0n) is 12.6. The van der Waals surface area contributed by atoms with Gasteiger partial charge in [0.2, 0.25) is 0 Å². The molecular formula is C16H32N2. The molecule has 1 saturated heterocycles. The molecule has 2 fully saturated rings. The van der Waals surface area contributed by atoms with Gasteiger partial charge in [0.25, 0.3) is 0 Å². The molecular weight excluding hydrogens is 220 g/mol. The lowest BCUT2D eigenvalue weighted by Gasteiger charge is -2.44. The lowest BCUT2D eigenvalue weighted by Crippen LogP contribution is -2.57. The molecule has 0 bridgehead atoms. The van der Waals surface area contributed by atoms with Gasteiger partial charge in [-0.1, -0.05) is 33.6 Å². The van der Waals surface area contributed by atoms with Gasteiger partial charge in [-0.25, -0.2) is 0 Å². The van der Waals surface area contributed by atoms with Crippen LogP contribution in [0.3, 0.4) is 0 Å². The second-order valence-corrected chi connectivity index (χ2v) is 6.93. The van der Waals surface area contributed by atoms with E-state index in [1.165, 1.54) is 58.2 Å². The van der Waals surface area contributed by atoms with Crippen molar-refractivity contribution in [2.24, 2.45) is 11.8 Å². The summed E-state index contributed by atoms with van der Waals surface area (Å²) in [4.78, 5) is 2.82. The molecule has 0 amide bonds. The monoisotopic (exact) mass is 252 g/mol. The van der Waals surface area contributed by atoms with Gasteiger partial charge in [0.15, 0.2) is 0 Å². The Labute approximate surface area is 114 Å². The second kappa shape index (κ2) is 6.91. The molecule has 0 aromatic heterocycles. The first-order valence-corrected chi connectivity index (χ1v) is 8.16. The molecule has 1 aliphatic heterocycles. The zero-order chi connectivity index (χ0) is 13.0. The predicted molar refractivity (Wildman–Crippen MR) is 78.9 cm³/mol. The fourth-order valence-electron chi connectivity index (χ4n) is 3.50. The third kappa shape index (κ3) is 3.96. The quantitative estimate of drug-likeness (QED) is 0.780. The molecule has 2 heteroatoms. The minimum absolute atomic E-state index is 0.734. The van der Waals surface area contributed by atoms with E-state index in [-0.39, 0.29) is 0 Å². The Hall–Kier alpha value is -0.0800. The van der Waals surface area contributed by atoms with E-state index in [1.807, 2.05) is 0 Å². The third-order valence-corrected chi connectivity index (χ3v) is 4.71. The first kappa shape index (κ1) is 14.3. The van der Waals surface area contributed by atoms with E-state index in [1.54, 1.807) is 0 Å². The molecule has 2 atom stereocenters. The lowest BCUT2D eigenvalue weighted by atomic mass is 9.84. The Morgan fingerprint density at radius 1 is 1.28 bits per heavy atom. The SMILES string of the molecule is CCCC1CNC(CC(C)C)CN1CC1CCC1. The van der Waals surface area contributed by atoms with Crippen LogP contribution in [0.2, 0.25) is 0 Å². The van der Waals surface area contributed by atoms with E-state index < -0.39 is 0 Å². The smallest absolute Gasteiger partial charge is 0.0221 e. The molecule has 1 saturated carbocycles. The highest BCUT2D eigenvalue weighted by Crippen LogP contribution is 2.29. The minimum atomic E-state index is 0.734. The number of hydrogen-bond donors (Lipinski definition) is 1. The largest absolute Gasteiger partial charge is 0.311 e. The average molecular weight is 252 g/mol. The van der Waals surface area contributed by atoms with E-state index in [9.17, 15) is 0 Å². The van der Waals surface area contributed by atoms with Gasteiger partial charge in [-0.05, 0) is 37.5 Å². The van der Waals surface area contributed by atoms with Crippen molar-refractivity contribution in [2.75, 3.05) is 19.6 Å². The molecule has 106 valence electrons. The van der Waals surface area contributed by atoms with E-state index in [0.717, 1.165) is 23.9 Å². The summed E-state index contributed by atoms with van der Waals surface area (Å²) >= 11 is 0. The highest BCUT2D eigenvalue weighted by Gasteiger charge is 2.30. The summed E-state index contributed by atoms with van der Waals surface area (Å²) in [6.07, 6.45) is 8.47. The Morgan fingerprint density at radius 3 is 2.61 bits per heavy atom. The fraction of sp³-hybridized carbons (Fsp3) is 1.00. The first-order chi connectivity index (χ1) is 8.69. The molecule has 2 aliphatic rings. The van der Waals surface area contributed by atoms with Gasteiger partial charge in [-0.3, -0.25) is 4.90 Å². The average Bonchev–Trinajstić information content (AvgIpc) is 2.26.